The van der Waals surface area contributed by atoms with Gasteiger partial charge < -0.3 is 15.0 Å². The van der Waals surface area contributed by atoms with Crippen molar-refractivity contribution >= 4 is 6.09 Å². The SMILES string of the molecule is CC(NC1CC1)C1CCCN(C(=O)OC(C)(C)C)C1. The molecule has 0 spiro atoms. The van der Waals surface area contributed by atoms with Crippen molar-refractivity contribution in [2.75, 3.05) is 13.1 Å². The third kappa shape index (κ3) is 4.68. The number of carbonyl (C=O) groups is 1. The van der Waals surface area contributed by atoms with Crippen molar-refractivity contribution in [1.29, 1.82) is 0 Å². The maximum Gasteiger partial charge on any atom is 0.410 e. The quantitative estimate of drug-likeness (QED) is 0.855. The molecule has 2 atom stereocenters. The Morgan fingerprint density at radius 1 is 1.32 bits per heavy atom. The molecule has 2 fully saturated rings. The van der Waals surface area contributed by atoms with Crippen molar-refractivity contribution in [1.82, 2.24) is 10.2 Å². The zero-order valence-electron chi connectivity index (χ0n) is 12.7. The molecule has 0 aromatic carbocycles. The number of amides is 1. The second kappa shape index (κ2) is 5.70. The van der Waals surface area contributed by atoms with Crippen LogP contribution in [0.4, 0.5) is 4.79 Å². The molecule has 4 heteroatoms. The van der Waals surface area contributed by atoms with Crippen LogP contribution in [0.5, 0.6) is 0 Å². The summed E-state index contributed by atoms with van der Waals surface area (Å²) < 4.78 is 5.47. The fourth-order valence-electron chi connectivity index (χ4n) is 2.67. The van der Waals surface area contributed by atoms with Crippen LogP contribution in [0.15, 0.2) is 0 Å². The lowest BCUT2D eigenvalue weighted by Crippen LogP contribution is -2.48. The van der Waals surface area contributed by atoms with Gasteiger partial charge in [0.15, 0.2) is 0 Å². The van der Waals surface area contributed by atoms with E-state index in [1.165, 1.54) is 19.3 Å². The smallest absolute Gasteiger partial charge is 0.410 e. The highest BCUT2D eigenvalue weighted by Gasteiger charge is 2.32. The summed E-state index contributed by atoms with van der Waals surface area (Å²) in [5.41, 5.74) is -0.401. The van der Waals surface area contributed by atoms with Crippen molar-refractivity contribution in [3.8, 4) is 0 Å². The molecular formula is C15H28N2O2. The molecule has 4 nitrogen and oxygen atoms in total. The zero-order valence-corrected chi connectivity index (χ0v) is 12.7. The summed E-state index contributed by atoms with van der Waals surface area (Å²) in [6, 6.07) is 1.23. The summed E-state index contributed by atoms with van der Waals surface area (Å²) in [6.07, 6.45) is 4.76. The van der Waals surface area contributed by atoms with Gasteiger partial charge in [0.25, 0.3) is 0 Å². The topological polar surface area (TPSA) is 41.6 Å². The monoisotopic (exact) mass is 268 g/mol. The highest BCUT2D eigenvalue weighted by molar-refractivity contribution is 5.68. The first kappa shape index (κ1) is 14.6. The molecule has 0 radical (unpaired) electrons. The molecule has 2 rings (SSSR count). The standard InChI is InChI=1S/C15H28N2O2/c1-11(16-13-7-8-13)12-6-5-9-17(10-12)14(18)19-15(2,3)4/h11-13,16H,5-10H2,1-4H3. The Morgan fingerprint density at radius 3 is 2.58 bits per heavy atom. The van der Waals surface area contributed by atoms with Crippen LogP contribution in [0, 0.1) is 5.92 Å². The molecule has 1 saturated heterocycles. The molecule has 1 N–H and O–H groups in total. The van der Waals surface area contributed by atoms with E-state index in [1.54, 1.807) is 0 Å². The number of likely N-dealkylation sites (tertiary alicyclic amines) is 1. The number of nitrogens with one attached hydrogen (secondary N) is 1. The third-order valence-electron chi connectivity index (χ3n) is 3.89. The molecule has 110 valence electrons. The van der Waals surface area contributed by atoms with Crippen LogP contribution >= 0.6 is 0 Å². The first-order valence-electron chi connectivity index (χ1n) is 7.59. The second-order valence-electron chi connectivity index (χ2n) is 7.06. The fraction of sp³-hybridized carbons (Fsp3) is 0.933. The summed E-state index contributed by atoms with van der Waals surface area (Å²) in [5, 5.41) is 3.65. The van der Waals surface area contributed by atoms with Crippen LogP contribution in [-0.4, -0.2) is 41.8 Å². The van der Waals surface area contributed by atoms with Gasteiger partial charge in [-0.1, -0.05) is 0 Å². The van der Waals surface area contributed by atoms with Crippen LogP contribution < -0.4 is 5.32 Å². The van der Waals surface area contributed by atoms with E-state index in [2.05, 4.69) is 12.2 Å². The first-order valence-corrected chi connectivity index (χ1v) is 7.59. The normalized spacial score (nSPS) is 26.1. The van der Waals surface area contributed by atoms with Crippen molar-refractivity contribution in [3.05, 3.63) is 0 Å². The number of rotatable bonds is 3. The van der Waals surface area contributed by atoms with Crippen LogP contribution in [-0.2, 0) is 4.74 Å². The summed E-state index contributed by atoms with van der Waals surface area (Å²) in [7, 11) is 0. The Bertz CT molecular complexity index is 321. The summed E-state index contributed by atoms with van der Waals surface area (Å²) in [4.78, 5) is 14.0. The maximum absolute atomic E-state index is 12.1. The second-order valence-corrected chi connectivity index (χ2v) is 7.06. The molecule has 1 aliphatic heterocycles. The summed E-state index contributed by atoms with van der Waals surface area (Å²) >= 11 is 0. The van der Waals surface area contributed by atoms with Crippen molar-refractivity contribution < 1.29 is 9.53 Å². The third-order valence-corrected chi connectivity index (χ3v) is 3.89. The average Bonchev–Trinajstić information content (AvgIpc) is 3.11. The highest BCUT2D eigenvalue weighted by Crippen LogP contribution is 2.25. The number of hydrogen-bond donors (Lipinski definition) is 1. The first-order chi connectivity index (χ1) is 8.85. The lowest BCUT2D eigenvalue weighted by molar-refractivity contribution is 0.0148. The van der Waals surface area contributed by atoms with Gasteiger partial charge in [-0.25, -0.2) is 4.79 Å². The number of nitrogens with zero attached hydrogens (tertiary/aromatic N) is 1. The Kier molecular flexibility index (Phi) is 4.39. The van der Waals surface area contributed by atoms with Crippen LogP contribution in [0.1, 0.15) is 53.4 Å². The molecule has 0 bridgehead atoms. The summed E-state index contributed by atoms with van der Waals surface area (Å²) in [5.74, 6) is 0.557. The zero-order chi connectivity index (χ0) is 14.0. The van der Waals surface area contributed by atoms with Gasteiger partial charge in [0.2, 0.25) is 0 Å². The van der Waals surface area contributed by atoms with Crippen LogP contribution in [0.3, 0.4) is 0 Å². The van der Waals surface area contributed by atoms with Gasteiger partial charge in [0.1, 0.15) is 5.60 Å². The number of piperidine rings is 1. The van der Waals surface area contributed by atoms with E-state index in [9.17, 15) is 4.79 Å². The van der Waals surface area contributed by atoms with E-state index in [1.807, 2.05) is 25.7 Å². The highest BCUT2D eigenvalue weighted by atomic mass is 16.6. The van der Waals surface area contributed by atoms with Gasteiger partial charge in [0, 0.05) is 25.2 Å². The molecule has 0 aromatic heterocycles. The largest absolute Gasteiger partial charge is 0.444 e. The Hall–Kier alpha value is -0.770. The fourth-order valence-corrected chi connectivity index (χ4v) is 2.67. The van der Waals surface area contributed by atoms with E-state index in [-0.39, 0.29) is 6.09 Å². The number of carbonyl (C=O) groups excluding carboxylic acids is 1. The Morgan fingerprint density at radius 2 is 2.00 bits per heavy atom. The van der Waals surface area contributed by atoms with Crippen LogP contribution in [0.2, 0.25) is 0 Å². The van der Waals surface area contributed by atoms with Gasteiger partial charge >= 0.3 is 6.09 Å². The molecule has 1 amide bonds. The van der Waals surface area contributed by atoms with E-state index in [0.29, 0.717) is 12.0 Å². The van der Waals surface area contributed by atoms with Crippen LogP contribution in [0.25, 0.3) is 0 Å². The number of hydrogen-bond acceptors (Lipinski definition) is 3. The van der Waals surface area contributed by atoms with Crippen molar-refractivity contribution in [2.24, 2.45) is 5.92 Å². The molecule has 1 aliphatic carbocycles. The van der Waals surface area contributed by atoms with Gasteiger partial charge in [-0.15, -0.1) is 0 Å². The summed E-state index contributed by atoms with van der Waals surface area (Å²) in [6.45, 7) is 9.68. The van der Waals surface area contributed by atoms with E-state index in [0.717, 1.165) is 25.6 Å². The minimum atomic E-state index is -0.401. The lowest BCUT2D eigenvalue weighted by Gasteiger charge is -2.36. The van der Waals surface area contributed by atoms with Gasteiger partial charge in [0.05, 0.1) is 0 Å². The average molecular weight is 268 g/mol. The molecule has 19 heavy (non-hydrogen) atoms. The Labute approximate surface area is 116 Å². The predicted molar refractivity (Wildman–Crippen MR) is 76.2 cm³/mol. The number of ether oxygens (including phenoxy) is 1. The van der Waals surface area contributed by atoms with E-state index in [4.69, 9.17) is 4.74 Å². The molecule has 2 unspecified atom stereocenters. The molecule has 1 heterocycles. The van der Waals surface area contributed by atoms with E-state index < -0.39 is 5.60 Å². The molecule has 2 aliphatic rings. The van der Waals surface area contributed by atoms with Crippen molar-refractivity contribution in [3.63, 3.8) is 0 Å². The van der Waals surface area contributed by atoms with Gasteiger partial charge in [-0.2, -0.15) is 0 Å². The minimum absolute atomic E-state index is 0.157. The van der Waals surface area contributed by atoms with Gasteiger partial charge in [-0.3, -0.25) is 0 Å². The lowest BCUT2D eigenvalue weighted by atomic mass is 9.91. The molecular weight excluding hydrogens is 240 g/mol. The van der Waals surface area contributed by atoms with Gasteiger partial charge in [-0.05, 0) is 59.3 Å². The maximum atomic E-state index is 12.1. The Balaban J connectivity index is 1.83. The van der Waals surface area contributed by atoms with Crippen molar-refractivity contribution in [2.45, 2.75) is 71.1 Å². The molecule has 0 aromatic rings. The van der Waals surface area contributed by atoms with E-state index >= 15 is 0 Å². The predicted octanol–water partition coefficient (Wildman–Crippen LogP) is 2.77. The minimum Gasteiger partial charge on any atom is -0.444 e. The molecule has 1 saturated carbocycles.